The molecule has 0 saturated heterocycles. The molecule has 1 aliphatic heterocycles. The van der Waals surface area contributed by atoms with E-state index < -0.39 is 16.1 Å². The van der Waals surface area contributed by atoms with Gasteiger partial charge in [0.1, 0.15) is 5.75 Å². The lowest BCUT2D eigenvalue weighted by atomic mass is 10.2. The molecule has 1 atom stereocenters. The summed E-state index contributed by atoms with van der Waals surface area (Å²) in [5.41, 5.74) is 1.76. The summed E-state index contributed by atoms with van der Waals surface area (Å²) in [4.78, 5) is 12.7. The minimum absolute atomic E-state index is 0.101. The number of halogens is 2. The van der Waals surface area contributed by atoms with Crippen molar-refractivity contribution in [3.8, 4) is 5.75 Å². The summed E-state index contributed by atoms with van der Waals surface area (Å²) >= 11 is 12.0. The van der Waals surface area contributed by atoms with Gasteiger partial charge >= 0.3 is 0 Å². The van der Waals surface area contributed by atoms with Crippen LogP contribution in [0.25, 0.3) is 0 Å². The molecule has 0 aromatic heterocycles. The quantitative estimate of drug-likeness (QED) is 0.804. The summed E-state index contributed by atoms with van der Waals surface area (Å²) in [7, 11) is -3.55. The lowest BCUT2D eigenvalue weighted by molar-refractivity contribution is -0.122. The molecule has 6 nitrogen and oxygen atoms in total. The van der Waals surface area contributed by atoms with Crippen molar-refractivity contribution in [3.05, 3.63) is 52.0 Å². The number of carbonyl (C=O) groups excluding carboxylic acids is 1. The van der Waals surface area contributed by atoms with Gasteiger partial charge in [0.25, 0.3) is 5.91 Å². The van der Waals surface area contributed by atoms with Gasteiger partial charge in [-0.2, -0.15) is 0 Å². The highest BCUT2D eigenvalue weighted by molar-refractivity contribution is 7.92. The fourth-order valence-corrected chi connectivity index (χ4v) is 4.19. The van der Waals surface area contributed by atoms with Gasteiger partial charge in [0.15, 0.2) is 6.10 Å². The highest BCUT2D eigenvalue weighted by Gasteiger charge is 2.31. The summed E-state index contributed by atoms with van der Waals surface area (Å²) in [5.74, 6) is -0.0769. The van der Waals surface area contributed by atoms with Crippen LogP contribution in [0.1, 0.15) is 12.0 Å². The first-order valence-corrected chi connectivity index (χ1v) is 10.8. The number of amides is 1. The summed E-state index contributed by atoms with van der Waals surface area (Å²) in [6.45, 7) is 1.93. The maximum atomic E-state index is 12.7. The smallest absolute Gasteiger partial charge is 0.265 e. The standard InChI is InChI=1S/C18H18Cl2N2O4S/c1-11-9-12(19)3-5-14(11)21-18(23)17-7-8-22(27(2,24)25)15-10-13(20)4-6-16(15)26-17/h3-6,9-10,17H,7-8H2,1-2H3,(H,21,23). The van der Waals surface area contributed by atoms with E-state index in [1.807, 2.05) is 6.92 Å². The summed E-state index contributed by atoms with van der Waals surface area (Å²) in [6.07, 6.45) is 0.444. The summed E-state index contributed by atoms with van der Waals surface area (Å²) in [6, 6.07) is 9.80. The van der Waals surface area contributed by atoms with Crippen LogP contribution in [0.5, 0.6) is 5.75 Å². The second-order valence-electron chi connectivity index (χ2n) is 6.29. The molecular formula is C18H18Cl2N2O4S. The average Bonchev–Trinajstić information content (AvgIpc) is 2.76. The zero-order chi connectivity index (χ0) is 19.8. The number of fused-ring (bicyclic) bond motifs is 1. The van der Waals surface area contributed by atoms with Gasteiger partial charge in [-0.3, -0.25) is 9.10 Å². The van der Waals surface area contributed by atoms with Crippen LogP contribution in [0.15, 0.2) is 36.4 Å². The molecule has 27 heavy (non-hydrogen) atoms. The molecule has 2 aromatic carbocycles. The van der Waals surface area contributed by atoms with E-state index in [-0.39, 0.29) is 24.6 Å². The van der Waals surface area contributed by atoms with Crippen LogP contribution in [0, 0.1) is 6.92 Å². The first-order valence-electron chi connectivity index (χ1n) is 8.16. The maximum absolute atomic E-state index is 12.7. The van der Waals surface area contributed by atoms with Crippen LogP contribution in [-0.2, 0) is 14.8 Å². The predicted octanol–water partition coefficient (Wildman–Crippen LogP) is 3.86. The molecule has 0 aliphatic carbocycles. The van der Waals surface area contributed by atoms with Crippen molar-refractivity contribution in [2.45, 2.75) is 19.4 Å². The van der Waals surface area contributed by atoms with Gasteiger partial charge in [-0.1, -0.05) is 23.2 Å². The van der Waals surface area contributed by atoms with Gasteiger partial charge in [-0.15, -0.1) is 0 Å². The first-order chi connectivity index (χ1) is 12.6. The van der Waals surface area contributed by atoms with Gasteiger partial charge in [-0.05, 0) is 48.9 Å². The number of nitrogens with one attached hydrogen (secondary N) is 1. The number of hydrogen-bond acceptors (Lipinski definition) is 4. The molecular weight excluding hydrogens is 411 g/mol. The van der Waals surface area contributed by atoms with Crippen LogP contribution in [0.4, 0.5) is 11.4 Å². The van der Waals surface area contributed by atoms with Crippen molar-refractivity contribution < 1.29 is 17.9 Å². The van der Waals surface area contributed by atoms with Gasteiger partial charge in [0.05, 0.1) is 11.9 Å². The second kappa shape index (κ2) is 7.58. The van der Waals surface area contributed by atoms with Crippen molar-refractivity contribution in [1.82, 2.24) is 0 Å². The highest BCUT2D eigenvalue weighted by Crippen LogP contribution is 2.36. The number of benzene rings is 2. The minimum Gasteiger partial charge on any atom is -0.478 e. The van der Waals surface area contributed by atoms with Crippen LogP contribution < -0.4 is 14.4 Å². The fourth-order valence-electron chi connectivity index (χ4n) is 2.86. The number of aryl methyl sites for hydroxylation is 1. The van der Waals surface area contributed by atoms with E-state index in [0.29, 0.717) is 21.4 Å². The minimum atomic E-state index is -3.55. The topological polar surface area (TPSA) is 75.7 Å². The van der Waals surface area contributed by atoms with Crippen molar-refractivity contribution in [3.63, 3.8) is 0 Å². The summed E-state index contributed by atoms with van der Waals surface area (Å²) < 4.78 is 31.4. The molecule has 0 saturated carbocycles. The Morgan fingerprint density at radius 1 is 1.19 bits per heavy atom. The molecule has 0 bridgehead atoms. The van der Waals surface area contributed by atoms with Crippen molar-refractivity contribution in [2.75, 3.05) is 22.4 Å². The Morgan fingerprint density at radius 3 is 2.52 bits per heavy atom. The van der Waals surface area contributed by atoms with Gasteiger partial charge in [-0.25, -0.2) is 8.42 Å². The number of ether oxygens (including phenoxy) is 1. The highest BCUT2D eigenvalue weighted by atomic mass is 35.5. The van der Waals surface area contributed by atoms with Crippen molar-refractivity contribution in [2.24, 2.45) is 0 Å². The molecule has 2 aromatic rings. The molecule has 0 radical (unpaired) electrons. The normalized spacial score (nSPS) is 16.9. The van der Waals surface area contributed by atoms with E-state index >= 15 is 0 Å². The molecule has 1 N–H and O–H groups in total. The Bertz CT molecular complexity index is 995. The first kappa shape index (κ1) is 19.8. The zero-order valence-corrected chi connectivity index (χ0v) is 17.0. The monoisotopic (exact) mass is 428 g/mol. The Kier molecular flexibility index (Phi) is 5.55. The molecule has 9 heteroatoms. The van der Waals surface area contributed by atoms with E-state index in [2.05, 4.69) is 5.32 Å². The van der Waals surface area contributed by atoms with E-state index in [1.165, 1.54) is 10.4 Å². The number of nitrogens with zero attached hydrogens (tertiary/aromatic N) is 1. The van der Waals surface area contributed by atoms with Crippen molar-refractivity contribution >= 4 is 50.5 Å². The number of hydrogen-bond donors (Lipinski definition) is 1. The Morgan fingerprint density at radius 2 is 1.85 bits per heavy atom. The molecule has 3 rings (SSSR count). The Balaban J connectivity index is 1.88. The predicted molar refractivity (Wildman–Crippen MR) is 107 cm³/mol. The van der Waals surface area contributed by atoms with Gasteiger partial charge < -0.3 is 10.1 Å². The fraction of sp³-hybridized carbons (Fsp3) is 0.278. The number of carbonyl (C=O) groups is 1. The Hall–Kier alpha value is -1.96. The third kappa shape index (κ3) is 4.48. The van der Waals surface area contributed by atoms with Crippen LogP contribution >= 0.6 is 23.2 Å². The maximum Gasteiger partial charge on any atom is 0.265 e. The Labute approximate surface area is 168 Å². The third-order valence-electron chi connectivity index (χ3n) is 4.19. The van der Waals surface area contributed by atoms with E-state index in [0.717, 1.165) is 11.8 Å². The van der Waals surface area contributed by atoms with Gasteiger partial charge in [0, 0.05) is 28.7 Å². The molecule has 1 unspecified atom stereocenters. The molecule has 0 fully saturated rings. The second-order valence-corrected chi connectivity index (χ2v) is 9.07. The van der Waals surface area contributed by atoms with E-state index in [4.69, 9.17) is 27.9 Å². The van der Waals surface area contributed by atoms with Crippen LogP contribution in [0.2, 0.25) is 10.0 Å². The largest absolute Gasteiger partial charge is 0.478 e. The molecule has 1 amide bonds. The molecule has 1 aliphatic rings. The third-order valence-corrected chi connectivity index (χ3v) is 5.84. The zero-order valence-electron chi connectivity index (χ0n) is 14.7. The number of anilines is 2. The van der Waals surface area contributed by atoms with Crippen LogP contribution in [0.3, 0.4) is 0 Å². The number of rotatable bonds is 3. The van der Waals surface area contributed by atoms with Crippen LogP contribution in [-0.4, -0.2) is 33.2 Å². The number of sulfonamides is 1. The lowest BCUT2D eigenvalue weighted by Crippen LogP contribution is -2.36. The average molecular weight is 429 g/mol. The summed E-state index contributed by atoms with van der Waals surface area (Å²) in [5, 5.41) is 3.77. The lowest BCUT2D eigenvalue weighted by Gasteiger charge is -2.21. The molecule has 0 spiro atoms. The van der Waals surface area contributed by atoms with E-state index in [1.54, 1.807) is 30.3 Å². The van der Waals surface area contributed by atoms with Crippen molar-refractivity contribution in [1.29, 1.82) is 0 Å². The van der Waals surface area contributed by atoms with E-state index in [9.17, 15) is 13.2 Å². The molecule has 144 valence electrons. The van der Waals surface area contributed by atoms with Gasteiger partial charge in [0.2, 0.25) is 10.0 Å². The molecule has 1 heterocycles. The SMILES string of the molecule is Cc1cc(Cl)ccc1NC(=O)C1CCN(S(C)(=O)=O)c2cc(Cl)ccc2O1.